The Morgan fingerprint density at radius 2 is 2.16 bits per heavy atom. The van der Waals surface area contributed by atoms with Gasteiger partial charge >= 0.3 is 0 Å². The summed E-state index contributed by atoms with van der Waals surface area (Å²) in [5, 5.41) is 0. The van der Waals surface area contributed by atoms with Crippen molar-refractivity contribution in [2.24, 2.45) is 0 Å². The molecule has 0 saturated heterocycles. The Labute approximate surface area is 128 Å². The van der Waals surface area contributed by atoms with Gasteiger partial charge in [-0.3, -0.25) is 4.79 Å². The van der Waals surface area contributed by atoms with E-state index in [1.54, 1.807) is 23.1 Å². The molecule has 0 bridgehead atoms. The molecule has 0 fully saturated rings. The van der Waals surface area contributed by atoms with Gasteiger partial charge in [-0.05, 0) is 40.2 Å². The van der Waals surface area contributed by atoms with Crippen molar-refractivity contribution >= 4 is 44.8 Å². The number of benzene rings is 1. The Morgan fingerprint density at radius 3 is 2.95 bits per heavy atom. The van der Waals surface area contributed by atoms with Crippen LogP contribution in [0.2, 0.25) is 0 Å². The Balaban J connectivity index is 1.69. The Bertz CT molecular complexity index is 609. The molecule has 1 aromatic carbocycles. The van der Waals surface area contributed by atoms with Gasteiger partial charge in [0.05, 0.1) is 3.79 Å². The Kier molecular flexibility index (Phi) is 3.96. The van der Waals surface area contributed by atoms with E-state index >= 15 is 0 Å². The van der Waals surface area contributed by atoms with E-state index in [0.717, 1.165) is 19.3 Å². The summed E-state index contributed by atoms with van der Waals surface area (Å²) in [7, 11) is 0. The van der Waals surface area contributed by atoms with E-state index in [4.69, 9.17) is 4.74 Å². The van der Waals surface area contributed by atoms with E-state index in [0.29, 0.717) is 12.2 Å². The lowest BCUT2D eigenvalue weighted by Gasteiger charge is -2.24. The predicted molar refractivity (Wildman–Crippen MR) is 82.3 cm³/mol. The van der Waals surface area contributed by atoms with E-state index in [9.17, 15) is 4.79 Å². The third-order valence-electron chi connectivity index (χ3n) is 2.85. The molecule has 19 heavy (non-hydrogen) atoms. The van der Waals surface area contributed by atoms with E-state index in [-0.39, 0.29) is 11.9 Å². The number of thiophene rings is 1. The minimum absolute atomic E-state index is 0.149. The average Bonchev–Trinajstić information content (AvgIpc) is 2.83. The minimum Gasteiger partial charge on any atom is -0.481 e. The highest BCUT2D eigenvalue weighted by molar-refractivity contribution is 9.11. The van der Waals surface area contributed by atoms with Crippen LogP contribution in [-0.4, -0.2) is 17.6 Å². The molecule has 0 amide bonds. The average molecular weight is 355 g/mol. The zero-order valence-electron chi connectivity index (χ0n) is 9.97. The molecule has 5 heteroatoms. The fourth-order valence-electron chi connectivity index (χ4n) is 1.91. The SMILES string of the molecule is O=C(Cc1ccc(Br)s1)C1CSc2ccccc2O1. The normalized spacial score (nSPS) is 17.6. The number of ether oxygens (including phenoxy) is 1. The number of fused-ring (bicyclic) bond motifs is 1. The second-order valence-corrected chi connectivity index (χ2v) is 7.82. The van der Waals surface area contributed by atoms with Crippen molar-refractivity contribution in [1.29, 1.82) is 0 Å². The van der Waals surface area contributed by atoms with Crippen LogP contribution < -0.4 is 4.74 Å². The molecule has 1 aliphatic rings. The molecule has 2 heterocycles. The summed E-state index contributed by atoms with van der Waals surface area (Å²) in [6.07, 6.45) is 0.115. The van der Waals surface area contributed by atoms with E-state index in [2.05, 4.69) is 15.9 Å². The summed E-state index contributed by atoms with van der Waals surface area (Å²) in [6, 6.07) is 11.8. The maximum atomic E-state index is 12.2. The molecule has 0 aliphatic carbocycles. The molecule has 98 valence electrons. The van der Waals surface area contributed by atoms with Crippen LogP contribution in [0.3, 0.4) is 0 Å². The van der Waals surface area contributed by atoms with E-state index in [1.165, 1.54) is 0 Å². The van der Waals surface area contributed by atoms with Crippen LogP contribution in [0, 0.1) is 0 Å². The van der Waals surface area contributed by atoms with Gasteiger partial charge in [0.2, 0.25) is 0 Å². The maximum Gasteiger partial charge on any atom is 0.179 e. The summed E-state index contributed by atoms with van der Waals surface area (Å²) in [4.78, 5) is 14.4. The number of hydrogen-bond acceptors (Lipinski definition) is 4. The van der Waals surface area contributed by atoms with Gasteiger partial charge in [0, 0.05) is 21.9 Å². The highest BCUT2D eigenvalue weighted by Gasteiger charge is 2.26. The summed E-state index contributed by atoms with van der Waals surface area (Å²) in [5.74, 6) is 1.67. The molecule has 1 aliphatic heterocycles. The third kappa shape index (κ3) is 3.04. The van der Waals surface area contributed by atoms with Gasteiger partial charge in [0.25, 0.3) is 0 Å². The van der Waals surface area contributed by atoms with Crippen LogP contribution in [0.15, 0.2) is 45.1 Å². The van der Waals surface area contributed by atoms with Crippen LogP contribution in [0.4, 0.5) is 0 Å². The number of carbonyl (C=O) groups excluding carboxylic acids is 1. The minimum atomic E-state index is -0.333. The summed E-state index contributed by atoms with van der Waals surface area (Å²) in [6.45, 7) is 0. The van der Waals surface area contributed by atoms with Gasteiger partial charge < -0.3 is 4.74 Å². The zero-order valence-corrected chi connectivity index (χ0v) is 13.2. The molecule has 0 radical (unpaired) electrons. The van der Waals surface area contributed by atoms with Gasteiger partial charge in [0.15, 0.2) is 11.9 Å². The summed E-state index contributed by atoms with van der Waals surface area (Å²) in [5.41, 5.74) is 0. The molecular formula is C14H11BrO2S2. The molecule has 0 N–H and O–H groups in total. The lowest BCUT2D eigenvalue weighted by atomic mass is 10.1. The molecule has 1 atom stereocenters. The first-order chi connectivity index (χ1) is 9.22. The molecule has 1 aromatic heterocycles. The second kappa shape index (κ2) is 5.69. The van der Waals surface area contributed by atoms with Gasteiger partial charge in [0.1, 0.15) is 5.75 Å². The first-order valence-corrected chi connectivity index (χ1v) is 8.47. The monoisotopic (exact) mass is 354 g/mol. The van der Waals surface area contributed by atoms with Crippen molar-refractivity contribution in [3.05, 3.63) is 45.1 Å². The number of halogens is 1. The van der Waals surface area contributed by atoms with Gasteiger partial charge in [-0.25, -0.2) is 0 Å². The standard InChI is InChI=1S/C14H11BrO2S2/c15-14-6-5-9(19-14)7-10(16)12-8-18-13-4-2-1-3-11(13)17-12/h1-6,12H,7-8H2. The number of hydrogen-bond donors (Lipinski definition) is 0. The molecule has 2 aromatic rings. The van der Waals surface area contributed by atoms with Crippen molar-refractivity contribution in [1.82, 2.24) is 0 Å². The molecule has 1 unspecified atom stereocenters. The van der Waals surface area contributed by atoms with Crippen LogP contribution >= 0.6 is 39.0 Å². The predicted octanol–water partition coefficient (Wildman–Crippen LogP) is 4.18. The fraction of sp³-hybridized carbons (Fsp3) is 0.214. The highest BCUT2D eigenvalue weighted by Crippen LogP contribution is 2.35. The second-order valence-electron chi connectivity index (χ2n) is 4.21. The smallest absolute Gasteiger partial charge is 0.179 e. The maximum absolute atomic E-state index is 12.2. The Hall–Kier alpha value is -0.780. The number of Topliss-reactive ketones (excluding diaryl/α,β-unsaturated/α-hetero) is 1. The number of carbonyl (C=O) groups is 1. The molecule has 0 saturated carbocycles. The van der Waals surface area contributed by atoms with Crippen molar-refractivity contribution in [2.75, 3.05) is 5.75 Å². The lowest BCUT2D eigenvalue weighted by Crippen LogP contribution is -2.33. The summed E-state index contributed by atoms with van der Waals surface area (Å²) < 4.78 is 6.85. The Morgan fingerprint density at radius 1 is 1.32 bits per heavy atom. The van der Waals surface area contributed by atoms with Gasteiger partial charge in [-0.15, -0.1) is 23.1 Å². The quantitative estimate of drug-likeness (QED) is 0.827. The number of para-hydroxylation sites is 1. The highest BCUT2D eigenvalue weighted by atomic mass is 79.9. The van der Waals surface area contributed by atoms with Crippen molar-refractivity contribution in [3.63, 3.8) is 0 Å². The molecule has 2 nitrogen and oxygen atoms in total. The summed E-state index contributed by atoms with van der Waals surface area (Å²) >= 11 is 6.70. The number of thioether (sulfide) groups is 1. The van der Waals surface area contributed by atoms with Crippen molar-refractivity contribution in [3.8, 4) is 5.75 Å². The fourth-order valence-corrected chi connectivity index (χ4v) is 4.42. The zero-order chi connectivity index (χ0) is 13.2. The van der Waals surface area contributed by atoms with Crippen LogP contribution in [0.1, 0.15) is 4.88 Å². The molecular weight excluding hydrogens is 344 g/mol. The van der Waals surface area contributed by atoms with Crippen LogP contribution in [0.5, 0.6) is 5.75 Å². The number of rotatable bonds is 3. The van der Waals surface area contributed by atoms with Gasteiger partial charge in [-0.2, -0.15) is 0 Å². The van der Waals surface area contributed by atoms with E-state index in [1.807, 2.05) is 36.4 Å². The largest absolute Gasteiger partial charge is 0.481 e. The van der Waals surface area contributed by atoms with Crippen LogP contribution in [0.25, 0.3) is 0 Å². The van der Waals surface area contributed by atoms with Gasteiger partial charge in [-0.1, -0.05) is 12.1 Å². The third-order valence-corrected chi connectivity index (χ3v) is 5.59. The lowest BCUT2D eigenvalue weighted by molar-refractivity contribution is -0.124. The van der Waals surface area contributed by atoms with E-state index < -0.39 is 0 Å². The molecule has 3 rings (SSSR count). The topological polar surface area (TPSA) is 26.3 Å². The van der Waals surface area contributed by atoms with Crippen molar-refractivity contribution in [2.45, 2.75) is 17.4 Å². The molecule has 0 spiro atoms. The van der Waals surface area contributed by atoms with Crippen molar-refractivity contribution < 1.29 is 9.53 Å². The first kappa shape index (κ1) is 13.2. The van der Waals surface area contributed by atoms with Crippen LogP contribution in [-0.2, 0) is 11.2 Å². The number of ketones is 1. The first-order valence-electron chi connectivity index (χ1n) is 5.88.